The zero-order chi connectivity index (χ0) is 29.6. The fourth-order valence-electron chi connectivity index (χ4n) is 4.44. The van der Waals surface area contributed by atoms with Gasteiger partial charge in [0.15, 0.2) is 11.6 Å². The van der Waals surface area contributed by atoms with Gasteiger partial charge in [-0.3, -0.25) is 9.59 Å². The maximum atomic E-state index is 11.7. The normalized spacial score (nSPS) is 11.3. The van der Waals surface area contributed by atoms with Gasteiger partial charge < -0.3 is 10.2 Å². The van der Waals surface area contributed by atoms with Gasteiger partial charge in [-0.2, -0.15) is 0 Å². The van der Waals surface area contributed by atoms with Crippen LogP contribution >= 0.6 is 0 Å². The van der Waals surface area contributed by atoms with E-state index in [4.69, 9.17) is 10.2 Å². The van der Waals surface area contributed by atoms with Gasteiger partial charge in [-0.15, -0.1) is 0 Å². The maximum Gasteiger partial charge on any atom is 0.189 e. The third-order valence-corrected chi connectivity index (χ3v) is 6.79. The monoisotopic (exact) mass is 611 g/mol. The number of rotatable bonds is 18. The van der Waals surface area contributed by atoms with Crippen molar-refractivity contribution in [1.29, 1.82) is 0 Å². The second-order valence-electron chi connectivity index (χ2n) is 10.7. The Morgan fingerprint density at radius 2 is 0.829 bits per heavy atom. The van der Waals surface area contributed by atoms with Crippen molar-refractivity contribution in [1.82, 2.24) is 0 Å². The molecule has 0 fully saturated rings. The van der Waals surface area contributed by atoms with Crippen molar-refractivity contribution in [3.05, 3.63) is 94.5 Å². The summed E-state index contributed by atoms with van der Waals surface area (Å²) in [6.45, 7) is 7.47. The van der Waals surface area contributed by atoms with Gasteiger partial charge in [-0.05, 0) is 50.7 Å². The summed E-state index contributed by atoms with van der Waals surface area (Å²) in [4.78, 5) is 23.4. The molecule has 0 saturated heterocycles. The Morgan fingerprint density at radius 1 is 0.537 bits per heavy atom. The Hall–Kier alpha value is -2.62. The summed E-state index contributed by atoms with van der Waals surface area (Å²) in [5, 5.41) is 18.2. The van der Waals surface area contributed by atoms with Crippen molar-refractivity contribution in [2.75, 3.05) is 0 Å². The van der Waals surface area contributed by atoms with Crippen molar-refractivity contribution >= 4 is 11.6 Å². The molecule has 231 valence electrons. The SMILES string of the molecule is CCCCCCCCc1ccc(C(=O)/C=C(/C)O)cc1.CCCCCCCCc1ccc(C(=O)/C=C(/C)O)cc1.[Cu]. The number of carbonyl (C=O) groups is 2. The van der Waals surface area contributed by atoms with Crippen molar-refractivity contribution in [2.24, 2.45) is 0 Å². The molecule has 1 radical (unpaired) electrons. The predicted molar refractivity (Wildman–Crippen MR) is 168 cm³/mol. The second kappa shape index (κ2) is 24.0. The Kier molecular flexibility index (Phi) is 22.5. The Labute approximate surface area is 259 Å². The van der Waals surface area contributed by atoms with E-state index in [-0.39, 0.29) is 40.2 Å². The van der Waals surface area contributed by atoms with Crippen LogP contribution in [0, 0.1) is 0 Å². The van der Waals surface area contributed by atoms with Crippen molar-refractivity contribution in [3.63, 3.8) is 0 Å². The largest absolute Gasteiger partial charge is 0.512 e. The number of hydrogen-bond donors (Lipinski definition) is 2. The Balaban J connectivity index is 0.000000762. The van der Waals surface area contributed by atoms with E-state index in [1.54, 1.807) is 0 Å². The molecule has 0 saturated carbocycles. The fourth-order valence-corrected chi connectivity index (χ4v) is 4.44. The number of hydrogen-bond acceptors (Lipinski definition) is 4. The predicted octanol–water partition coefficient (Wildman–Crippen LogP) is 10.5. The van der Waals surface area contributed by atoms with Crippen molar-refractivity contribution in [2.45, 2.75) is 118 Å². The minimum absolute atomic E-state index is 0. The van der Waals surface area contributed by atoms with Crippen LogP contribution in [0.1, 0.15) is 137 Å². The van der Waals surface area contributed by atoms with Crippen LogP contribution in [0.3, 0.4) is 0 Å². The molecule has 0 aliphatic heterocycles. The van der Waals surface area contributed by atoms with Crippen LogP contribution in [0.15, 0.2) is 72.2 Å². The van der Waals surface area contributed by atoms with Gasteiger partial charge in [-0.25, -0.2) is 0 Å². The van der Waals surface area contributed by atoms with E-state index in [9.17, 15) is 9.59 Å². The smallest absolute Gasteiger partial charge is 0.189 e. The zero-order valence-electron chi connectivity index (χ0n) is 25.7. The van der Waals surface area contributed by atoms with Crippen LogP contribution in [-0.2, 0) is 29.9 Å². The van der Waals surface area contributed by atoms with E-state index in [1.807, 2.05) is 48.5 Å². The number of allylic oxidation sites excluding steroid dienone is 4. The van der Waals surface area contributed by atoms with Gasteiger partial charge >= 0.3 is 0 Å². The second-order valence-corrected chi connectivity index (χ2v) is 10.7. The van der Waals surface area contributed by atoms with E-state index in [0.29, 0.717) is 11.1 Å². The summed E-state index contributed by atoms with van der Waals surface area (Å²) in [5.41, 5.74) is 3.82. The van der Waals surface area contributed by atoms with Crippen LogP contribution < -0.4 is 0 Å². The molecule has 2 N–H and O–H groups in total. The number of benzene rings is 2. The minimum atomic E-state index is -0.142. The van der Waals surface area contributed by atoms with Gasteiger partial charge in [0.25, 0.3) is 0 Å². The molecule has 4 nitrogen and oxygen atoms in total. The number of aliphatic hydroxyl groups is 2. The topological polar surface area (TPSA) is 74.6 Å². The molecule has 0 aliphatic carbocycles. The average Bonchev–Trinajstić information content (AvgIpc) is 2.93. The fraction of sp³-hybridized carbons (Fsp3) is 0.500. The van der Waals surface area contributed by atoms with Crippen LogP contribution in [0.4, 0.5) is 0 Å². The average molecular weight is 612 g/mol. The summed E-state index contributed by atoms with van der Waals surface area (Å²) < 4.78 is 0. The number of carbonyl (C=O) groups excluding carboxylic acids is 2. The summed E-state index contributed by atoms with van der Waals surface area (Å²) in [6.07, 6.45) is 20.3. The van der Waals surface area contributed by atoms with Gasteiger partial charge in [0, 0.05) is 40.3 Å². The van der Waals surface area contributed by atoms with E-state index >= 15 is 0 Å². The zero-order valence-corrected chi connectivity index (χ0v) is 26.6. The van der Waals surface area contributed by atoms with Crippen LogP contribution in [0.25, 0.3) is 0 Å². The first-order valence-electron chi connectivity index (χ1n) is 15.3. The maximum absolute atomic E-state index is 11.7. The first-order chi connectivity index (χ1) is 19.3. The molecule has 2 aromatic carbocycles. The van der Waals surface area contributed by atoms with Gasteiger partial charge in [0.2, 0.25) is 0 Å². The molecule has 41 heavy (non-hydrogen) atoms. The van der Waals surface area contributed by atoms with Crippen molar-refractivity contribution < 1.29 is 36.9 Å². The molecule has 0 unspecified atom stereocenters. The molecule has 5 heteroatoms. The van der Waals surface area contributed by atoms with E-state index < -0.39 is 0 Å². The van der Waals surface area contributed by atoms with Gasteiger partial charge in [-0.1, -0.05) is 127 Å². The quantitative estimate of drug-likeness (QED) is 0.0578. The molecule has 0 heterocycles. The Bertz CT molecular complexity index is 943. The summed E-state index contributed by atoms with van der Waals surface area (Å²) in [5.74, 6) is -0.190. The minimum Gasteiger partial charge on any atom is -0.512 e. The molecule has 2 rings (SSSR count). The Morgan fingerprint density at radius 3 is 1.12 bits per heavy atom. The van der Waals surface area contributed by atoms with Gasteiger partial charge in [0.05, 0.1) is 11.5 Å². The molecule has 0 aliphatic rings. The third-order valence-electron chi connectivity index (χ3n) is 6.79. The molecule has 0 amide bonds. The number of aliphatic hydroxyl groups excluding tert-OH is 2. The van der Waals surface area contributed by atoms with E-state index in [2.05, 4.69) is 13.8 Å². The van der Waals surface area contributed by atoms with Crippen LogP contribution in [0.5, 0.6) is 0 Å². The van der Waals surface area contributed by atoms with Crippen LogP contribution in [-0.4, -0.2) is 21.8 Å². The summed E-state index contributed by atoms with van der Waals surface area (Å²) in [6, 6.07) is 15.4. The molecule has 0 spiro atoms. The summed E-state index contributed by atoms with van der Waals surface area (Å²) in [7, 11) is 0. The standard InChI is InChI=1S/2C18H26O2.Cu/c2*1-3-4-5-6-7-8-9-16-10-12-17(13-11-16)18(20)14-15(2)19;/h2*10-14,19H,3-9H2,1-2H3;/b2*15-14-;. The number of unbranched alkanes of at least 4 members (excludes halogenated alkanes) is 10. The molecule has 0 bridgehead atoms. The molecule has 0 atom stereocenters. The molecule has 0 aromatic heterocycles. The van der Waals surface area contributed by atoms with Gasteiger partial charge in [0.1, 0.15) is 0 Å². The summed E-state index contributed by atoms with van der Waals surface area (Å²) >= 11 is 0. The molecular formula is C36H52CuO4. The first-order valence-corrected chi connectivity index (χ1v) is 15.3. The van der Waals surface area contributed by atoms with Crippen LogP contribution in [0.2, 0.25) is 0 Å². The number of aryl methyl sites for hydroxylation is 2. The van der Waals surface area contributed by atoms with E-state index in [0.717, 1.165) is 12.8 Å². The molecule has 2 aromatic rings. The third kappa shape index (κ3) is 19.2. The first kappa shape index (κ1) is 38.4. The number of ketones is 2. The van der Waals surface area contributed by atoms with Crippen molar-refractivity contribution in [3.8, 4) is 0 Å². The van der Waals surface area contributed by atoms with E-state index in [1.165, 1.54) is 114 Å². The molecular weight excluding hydrogens is 560 g/mol.